The van der Waals surface area contributed by atoms with Crippen molar-refractivity contribution in [3.8, 4) is 5.75 Å². The summed E-state index contributed by atoms with van der Waals surface area (Å²) in [6, 6.07) is 10.4. The van der Waals surface area contributed by atoms with Crippen molar-refractivity contribution in [2.45, 2.75) is 52.2 Å². The fourth-order valence-corrected chi connectivity index (χ4v) is 4.73. The Morgan fingerprint density at radius 2 is 1.67 bits per heavy atom. The molecule has 0 bridgehead atoms. The van der Waals surface area contributed by atoms with Crippen molar-refractivity contribution in [1.82, 2.24) is 10.2 Å². The molecule has 2 aromatic carbocycles. The van der Waals surface area contributed by atoms with Crippen LogP contribution in [0.15, 0.2) is 42.5 Å². The molecule has 36 heavy (non-hydrogen) atoms. The van der Waals surface area contributed by atoms with Gasteiger partial charge in [0.2, 0.25) is 21.8 Å². The fourth-order valence-electron chi connectivity index (χ4n) is 3.56. The first-order chi connectivity index (χ1) is 16.9. The van der Waals surface area contributed by atoms with Crippen LogP contribution in [0.25, 0.3) is 0 Å². The van der Waals surface area contributed by atoms with Crippen molar-refractivity contribution in [3.63, 3.8) is 0 Å². The molecule has 2 amide bonds. The van der Waals surface area contributed by atoms with E-state index in [9.17, 15) is 18.0 Å². The monoisotopic (exact) mass is 557 g/mol. The number of halogens is 2. The van der Waals surface area contributed by atoms with Gasteiger partial charge in [-0.1, -0.05) is 43.1 Å². The lowest BCUT2D eigenvalue weighted by molar-refractivity contribution is -0.140. The smallest absolute Gasteiger partial charge is 0.244 e. The van der Waals surface area contributed by atoms with Crippen LogP contribution < -0.4 is 14.4 Å². The zero-order valence-electron chi connectivity index (χ0n) is 21.1. The Balaban J connectivity index is 2.45. The van der Waals surface area contributed by atoms with E-state index in [0.29, 0.717) is 33.5 Å². The van der Waals surface area contributed by atoms with E-state index in [-0.39, 0.29) is 18.5 Å². The molecule has 0 unspecified atom stereocenters. The summed E-state index contributed by atoms with van der Waals surface area (Å²) >= 11 is 12.2. The molecule has 11 heteroatoms. The topological polar surface area (TPSA) is 96.0 Å². The molecule has 0 fully saturated rings. The van der Waals surface area contributed by atoms with E-state index < -0.39 is 28.5 Å². The zero-order chi connectivity index (χ0) is 27.0. The van der Waals surface area contributed by atoms with Crippen molar-refractivity contribution in [2.75, 3.05) is 24.2 Å². The van der Waals surface area contributed by atoms with Crippen LogP contribution in [0.4, 0.5) is 5.69 Å². The predicted octanol–water partition coefficient (Wildman–Crippen LogP) is 4.49. The normalized spacial score (nSPS) is 13.0. The maximum atomic E-state index is 13.7. The molecule has 0 aliphatic heterocycles. The number of rotatable bonds is 12. The van der Waals surface area contributed by atoms with Gasteiger partial charge in [-0.25, -0.2) is 8.42 Å². The molecule has 2 atom stereocenters. The number of nitrogens with one attached hydrogen (secondary N) is 1. The van der Waals surface area contributed by atoms with Crippen LogP contribution in [0.3, 0.4) is 0 Å². The minimum atomic E-state index is -3.82. The van der Waals surface area contributed by atoms with Crippen LogP contribution >= 0.6 is 23.2 Å². The van der Waals surface area contributed by atoms with Crippen LogP contribution in [0, 0.1) is 0 Å². The Kier molecular flexibility index (Phi) is 10.9. The van der Waals surface area contributed by atoms with Crippen LogP contribution in [-0.2, 0) is 26.2 Å². The van der Waals surface area contributed by atoms with E-state index in [4.69, 9.17) is 27.9 Å². The van der Waals surface area contributed by atoms with Gasteiger partial charge in [-0.05, 0) is 61.7 Å². The number of methoxy groups -OCH3 is 1. The molecule has 2 rings (SSSR count). The summed E-state index contributed by atoms with van der Waals surface area (Å²) in [7, 11) is -2.32. The lowest BCUT2D eigenvalue weighted by Crippen LogP contribution is -2.53. The Bertz CT molecular complexity index is 1160. The number of hydrogen-bond acceptors (Lipinski definition) is 5. The number of carbonyl (C=O) groups is 2. The molecule has 0 saturated heterocycles. The van der Waals surface area contributed by atoms with E-state index >= 15 is 0 Å². The average Bonchev–Trinajstić information content (AvgIpc) is 2.83. The molecule has 2 aromatic rings. The summed E-state index contributed by atoms with van der Waals surface area (Å²) in [5, 5.41) is 3.60. The van der Waals surface area contributed by atoms with Gasteiger partial charge in [0.25, 0.3) is 0 Å². The fraction of sp³-hybridized carbons (Fsp3) is 0.440. The highest BCUT2D eigenvalue weighted by molar-refractivity contribution is 7.92. The first-order valence-corrected chi connectivity index (χ1v) is 14.2. The highest BCUT2D eigenvalue weighted by atomic mass is 35.5. The minimum Gasteiger partial charge on any atom is -0.497 e. The van der Waals surface area contributed by atoms with Gasteiger partial charge >= 0.3 is 0 Å². The van der Waals surface area contributed by atoms with Gasteiger partial charge in [0.1, 0.15) is 18.3 Å². The molecule has 0 saturated carbocycles. The largest absolute Gasteiger partial charge is 0.497 e. The molecule has 198 valence electrons. The SMILES string of the molecule is CC[C@@H](C)NC(=O)[C@@H](CC)N(Cc1ccc(Cl)c(Cl)c1)C(=O)CN(c1ccc(OC)cc1)S(C)(=O)=O. The van der Waals surface area contributed by atoms with E-state index in [1.807, 2.05) is 13.8 Å². The lowest BCUT2D eigenvalue weighted by atomic mass is 10.1. The van der Waals surface area contributed by atoms with E-state index in [1.165, 1.54) is 12.0 Å². The maximum absolute atomic E-state index is 13.7. The molecule has 1 N–H and O–H groups in total. The van der Waals surface area contributed by atoms with Crippen molar-refractivity contribution < 1.29 is 22.7 Å². The standard InChI is InChI=1S/C25H33Cl2N3O5S/c1-6-17(3)28-25(32)23(7-2)29(15-18-8-13-21(26)22(27)14-18)24(31)16-30(36(5,33)34)19-9-11-20(35-4)12-10-19/h8-14,17,23H,6-7,15-16H2,1-5H3,(H,28,32)/t17-,23-/m1/s1. The Labute approximate surface area is 223 Å². The molecule has 0 aliphatic carbocycles. The maximum Gasteiger partial charge on any atom is 0.244 e. The Hall–Kier alpha value is -2.49. The molecule has 0 spiro atoms. The van der Waals surface area contributed by atoms with E-state index in [1.54, 1.807) is 49.4 Å². The van der Waals surface area contributed by atoms with Gasteiger partial charge in [-0.15, -0.1) is 0 Å². The highest BCUT2D eigenvalue weighted by Crippen LogP contribution is 2.25. The molecule has 0 aromatic heterocycles. The summed E-state index contributed by atoms with van der Waals surface area (Å²) < 4.78 is 31.5. The number of anilines is 1. The highest BCUT2D eigenvalue weighted by Gasteiger charge is 2.32. The van der Waals surface area contributed by atoms with Gasteiger partial charge < -0.3 is 15.0 Å². The van der Waals surface area contributed by atoms with Crippen molar-refractivity contribution >= 4 is 50.7 Å². The number of carbonyl (C=O) groups excluding carboxylic acids is 2. The van der Waals surface area contributed by atoms with Crippen LogP contribution in [0.1, 0.15) is 39.2 Å². The second kappa shape index (κ2) is 13.2. The summed E-state index contributed by atoms with van der Waals surface area (Å²) in [6.07, 6.45) is 2.08. The van der Waals surface area contributed by atoms with E-state index in [2.05, 4.69) is 5.32 Å². The third-order valence-corrected chi connectivity index (χ3v) is 7.64. The molecule has 8 nitrogen and oxygen atoms in total. The van der Waals surface area contributed by atoms with Gasteiger partial charge in [-0.3, -0.25) is 13.9 Å². The number of sulfonamides is 1. The van der Waals surface area contributed by atoms with Crippen LogP contribution in [0.2, 0.25) is 10.0 Å². The number of ether oxygens (including phenoxy) is 1. The zero-order valence-corrected chi connectivity index (χ0v) is 23.5. The van der Waals surface area contributed by atoms with Gasteiger partial charge in [0.15, 0.2) is 0 Å². The molecular formula is C25H33Cl2N3O5S. The summed E-state index contributed by atoms with van der Waals surface area (Å²) in [5.74, 6) is -0.295. The quantitative estimate of drug-likeness (QED) is 0.414. The minimum absolute atomic E-state index is 0.0440. The number of hydrogen-bond donors (Lipinski definition) is 1. The number of benzene rings is 2. The van der Waals surface area contributed by atoms with Crippen molar-refractivity contribution in [1.29, 1.82) is 0 Å². The third-order valence-electron chi connectivity index (χ3n) is 5.76. The predicted molar refractivity (Wildman–Crippen MR) is 144 cm³/mol. The average molecular weight is 559 g/mol. The lowest BCUT2D eigenvalue weighted by Gasteiger charge is -2.33. The van der Waals surface area contributed by atoms with E-state index in [0.717, 1.165) is 17.0 Å². The summed E-state index contributed by atoms with van der Waals surface area (Å²) in [5.41, 5.74) is 0.959. The van der Waals surface area contributed by atoms with Gasteiger partial charge in [0.05, 0.1) is 29.1 Å². The second-order valence-corrected chi connectivity index (χ2v) is 11.2. The Morgan fingerprint density at radius 1 is 1.03 bits per heavy atom. The van der Waals surface area contributed by atoms with Crippen LogP contribution in [0.5, 0.6) is 5.75 Å². The Morgan fingerprint density at radius 3 is 2.17 bits per heavy atom. The van der Waals surface area contributed by atoms with Crippen molar-refractivity contribution in [3.05, 3.63) is 58.1 Å². The van der Waals surface area contributed by atoms with Gasteiger partial charge in [-0.2, -0.15) is 0 Å². The van der Waals surface area contributed by atoms with Gasteiger partial charge in [0, 0.05) is 12.6 Å². The first kappa shape index (κ1) is 29.7. The molecule has 0 radical (unpaired) electrons. The second-order valence-electron chi connectivity index (χ2n) is 8.48. The van der Waals surface area contributed by atoms with Crippen molar-refractivity contribution in [2.24, 2.45) is 0 Å². The third kappa shape index (κ3) is 8.01. The first-order valence-electron chi connectivity index (χ1n) is 11.6. The van der Waals surface area contributed by atoms with Crippen LogP contribution in [-0.4, -0.2) is 57.1 Å². The molecule has 0 heterocycles. The number of amides is 2. The summed E-state index contributed by atoms with van der Waals surface area (Å²) in [4.78, 5) is 28.2. The summed E-state index contributed by atoms with van der Waals surface area (Å²) in [6.45, 7) is 5.18. The number of nitrogens with zero attached hydrogens (tertiary/aromatic N) is 2. The molecular weight excluding hydrogens is 525 g/mol. The molecule has 0 aliphatic rings.